The summed E-state index contributed by atoms with van der Waals surface area (Å²) < 4.78 is 5.24. The highest BCUT2D eigenvalue weighted by molar-refractivity contribution is 6.36. The molecule has 0 fully saturated rings. The van der Waals surface area contributed by atoms with Crippen LogP contribution in [0.25, 0.3) is 0 Å². The Morgan fingerprint density at radius 1 is 1.00 bits per heavy atom. The molecule has 142 valence electrons. The molecule has 2 amide bonds. The molecule has 1 atom stereocenters. The van der Waals surface area contributed by atoms with Crippen LogP contribution in [0.2, 0.25) is 10.0 Å². The van der Waals surface area contributed by atoms with Crippen molar-refractivity contribution in [2.24, 2.45) is 0 Å². The van der Waals surface area contributed by atoms with Crippen molar-refractivity contribution in [3.05, 3.63) is 69.7 Å². The number of hydrogen-bond donors (Lipinski definition) is 2. The number of nitrogens with one attached hydrogen (secondary N) is 2. The molecule has 8 heteroatoms. The summed E-state index contributed by atoms with van der Waals surface area (Å²) in [7, 11) is 0. The third kappa shape index (κ3) is 6.58. The Hall–Kier alpha value is -2.57. The molecule has 0 aromatic heterocycles. The predicted octanol–water partition coefficient (Wildman–Crippen LogP) is 3.14. The van der Waals surface area contributed by atoms with Gasteiger partial charge in [0.25, 0.3) is 5.91 Å². The zero-order valence-corrected chi connectivity index (χ0v) is 16.0. The van der Waals surface area contributed by atoms with Gasteiger partial charge in [-0.25, -0.2) is 0 Å². The van der Waals surface area contributed by atoms with E-state index in [2.05, 4.69) is 10.6 Å². The second-order valence-corrected chi connectivity index (χ2v) is 6.47. The molecule has 0 spiro atoms. The van der Waals surface area contributed by atoms with Gasteiger partial charge in [-0.05, 0) is 30.7 Å². The number of esters is 1. The van der Waals surface area contributed by atoms with Crippen LogP contribution in [0.4, 0.5) is 0 Å². The summed E-state index contributed by atoms with van der Waals surface area (Å²) in [4.78, 5) is 35.6. The van der Waals surface area contributed by atoms with Crippen molar-refractivity contribution in [1.82, 2.24) is 10.6 Å². The van der Waals surface area contributed by atoms with Crippen LogP contribution in [0, 0.1) is 0 Å². The fourth-order valence-corrected chi connectivity index (χ4v) is 2.69. The molecule has 0 bridgehead atoms. The minimum atomic E-state index is -0.577. The van der Waals surface area contributed by atoms with Crippen LogP contribution in [0.3, 0.4) is 0 Å². The van der Waals surface area contributed by atoms with Crippen LogP contribution < -0.4 is 10.6 Å². The summed E-state index contributed by atoms with van der Waals surface area (Å²) in [5, 5.41) is 5.39. The van der Waals surface area contributed by atoms with Gasteiger partial charge in [0.2, 0.25) is 5.91 Å². The lowest BCUT2D eigenvalue weighted by molar-refractivity contribution is -0.148. The second-order valence-electron chi connectivity index (χ2n) is 5.63. The molecule has 2 aromatic carbocycles. The van der Waals surface area contributed by atoms with Crippen molar-refractivity contribution in [1.29, 1.82) is 0 Å². The first-order valence-electron chi connectivity index (χ1n) is 8.11. The number of rotatable bonds is 7. The minimum Gasteiger partial charge on any atom is -0.456 e. The van der Waals surface area contributed by atoms with Gasteiger partial charge in [-0.2, -0.15) is 0 Å². The molecule has 0 aliphatic heterocycles. The summed E-state index contributed by atoms with van der Waals surface area (Å²) in [5.74, 6) is -1.63. The van der Waals surface area contributed by atoms with Crippen LogP contribution in [0.1, 0.15) is 28.9 Å². The van der Waals surface area contributed by atoms with Crippen molar-refractivity contribution in [3.8, 4) is 0 Å². The fraction of sp³-hybridized carbons (Fsp3) is 0.211. The molecule has 0 saturated heterocycles. The summed E-state index contributed by atoms with van der Waals surface area (Å²) in [6, 6.07) is 13.6. The summed E-state index contributed by atoms with van der Waals surface area (Å²) in [6.07, 6.45) is -0.428. The number of halogens is 2. The Morgan fingerprint density at radius 2 is 1.70 bits per heavy atom. The second kappa shape index (κ2) is 9.94. The van der Waals surface area contributed by atoms with Crippen molar-refractivity contribution in [2.75, 3.05) is 13.1 Å². The van der Waals surface area contributed by atoms with Gasteiger partial charge >= 0.3 is 5.97 Å². The van der Waals surface area contributed by atoms with Gasteiger partial charge in [0.05, 0.1) is 17.1 Å². The molecular formula is C19H18Cl2N2O4. The first kappa shape index (κ1) is 20.7. The number of hydrogen-bond acceptors (Lipinski definition) is 4. The van der Waals surface area contributed by atoms with Crippen LogP contribution in [0.15, 0.2) is 48.5 Å². The van der Waals surface area contributed by atoms with E-state index in [0.717, 1.165) is 5.56 Å². The maximum Gasteiger partial charge on any atom is 0.326 e. The average molecular weight is 409 g/mol. The van der Waals surface area contributed by atoms with Crippen molar-refractivity contribution in [2.45, 2.75) is 13.0 Å². The number of carbonyl (C=O) groups is 3. The Balaban J connectivity index is 1.74. The minimum absolute atomic E-state index is 0.180. The first-order valence-corrected chi connectivity index (χ1v) is 8.87. The van der Waals surface area contributed by atoms with E-state index < -0.39 is 23.9 Å². The molecule has 2 aromatic rings. The molecule has 2 N–H and O–H groups in total. The van der Waals surface area contributed by atoms with Crippen LogP contribution in [-0.2, 0) is 14.3 Å². The van der Waals surface area contributed by atoms with Gasteiger partial charge < -0.3 is 15.4 Å². The van der Waals surface area contributed by atoms with Crippen LogP contribution in [-0.4, -0.2) is 30.9 Å². The third-order valence-corrected chi connectivity index (χ3v) is 4.14. The summed E-state index contributed by atoms with van der Waals surface area (Å²) >= 11 is 11.7. The van der Waals surface area contributed by atoms with Gasteiger partial charge in [0.15, 0.2) is 0 Å². The Bertz CT molecular complexity index is 828. The number of carbonyl (C=O) groups excluding carboxylic acids is 3. The third-order valence-electron chi connectivity index (χ3n) is 3.59. The van der Waals surface area contributed by atoms with Crippen molar-refractivity contribution in [3.63, 3.8) is 0 Å². The summed E-state index contributed by atoms with van der Waals surface area (Å²) in [6.45, 7) is 1.14. The van der Waals surface area contributed by atoms with Gasteiger partial charge in [-0.3, -0.25) is 14.4 Å². The lowest BCUT2D eigenvalue weighted by atomic mass is 10.1. The highest BCUT2D eigenvalue weighted by atomic mass is 35.5. The topological polar surface area (TPSA) is 84.5 Å². The SMILES string of the molecule is C[C@@H](OC(=O)CNC(=O)CNC(=O)c1ccc(Cl)cc1Cl)c1ccccc1. The molecule has 0 aliphatic carbocycles. The van der Waals surface area contributed by atoms with E-state index in [1.165, 1.54) is 18.2 Å². The Morgan fingerprint density at radius 3 is 2.37 bits per heavy atom. The van der Waals surface area contributed by atoms with E-state index in [0.29, 0.717) is 5.02 Å². The molecule has 6 nitrogen and oxygen atoms in total. The highest BCUT2D eigenvalue weighted by Crippen LogP contribution is 2.20. The molecule has 0 saturated carbocycles. The molecule has 0 radical (unpaired) electrons. The molecule has 2 rings (SSSR count). The van der Waals surface area contributed by atoms with Crippen molar-refractivity contribution < 1.29 is 19.1 Å². The molecule has 0 unspecified atom stereocenters. The largest absolute Gasteiger partial charge is 0.456 e. The first-order chi connectivity index (χ1) is 12.9. The number of benzene rings is 2. The predicted molar refractivity (Wildman–Crippen MR) is 103 cm³/mol. The number of ether oxygens (including phenoxy) is 1. The normalized spacial score (nSPS) is 11.4. The van der Waals surface area contributed by atoms with Crippen LogP contribution >= 0.6 is 23.2 Å². The molecule has 0 aliphatic rings. The maximum absolute atomic E-state index is 12.0. The van der Waals surface area contributed by atoms with E-state index in [1.807, 2.05) is 30.3 Å². The van der Waals surface area contributed by atoms with Gasteiger partial charge in [-0.15, -0.1) is 0 Å². The van der Waals surface area contributed by atoms with Gasteiger partial charge in [0.1, 0.15) is 12.6 Å². The zero-order valence-electron chi connectivity index (χ0n) is 14.5. The fourth-order valence-electron chi connectivity index (χ4n) is 2.19. The van der Waals surface area contributed by atoms with E-state index in [1.54, 1.807) is 6.92 Å². The van der Waals surface area contributed by atoms with E-state index in [-0.39, 0.29) is 23.7 Å². The van der Waals surface area contributed by atoms with E-state index in [4.69, 9.17) is 27.9 Å². The van der Waals surface area contributed by atoms with Crippen molar-refractivity contribution >= 4 is 41.0 Å². The van der Waals surface area contributed by atoms with Crippen LogP contribution in [0.5, 0.6) is 0 Å². The summed E-state index contributed by atoms with van der Waals surface area (Å²) in [5.41, 5.74) is 1.05. The van der Waals surface area contributed by atoms with E-state index in [9.17, 15) is 14.4 Å². The molecule has 27 heavy (non-hydrogen) atoms. The maximum atomic E-state index is 12.0. The Labute approximate surface area is 166 Å². The average Bonchev–Trinajstić information content (AvgIpc) is 2.65. The van der Waals surface area contributed by atoms with E-state index >= 15 is 0 Å². The monoisotopic (exact) mass is 408 g/mol. The molecule has 0 heterocycles. The standard InChI is InChI=1S/C19H18Cl2N2O4/c1-12(13-5-3-2-4-6-13)27-18(25)11-22-17(24)10-23-19(26)15-8-7-14(20)9-16(15)21/h2-9,12H,10-11H2,1H3,(H,22,24)(H,23,26)/t12-/m1/s1. The lowest BCUT2D eigenvalue weighted by Crippen LogP contribution is -2.39. The highest BCUT2D eigenvalue weighted by Gasteiger charge is 2.14. The van der Waals surface area contributed by atoms with Gasteiger partial charge in [0, 0.05) is 5.02 Å². The van der Waals surface area contributed by atoms with Gasteiger partial charge in [-0.1, -0.05) is 53.5 Å². The zero-order chi connectivity index (χ0) is 19.8. The smallest absolute Gasteiger partial charge is 0.326 e. The number of amides is 2. The lowest BCUT2D eigenvalue weighted by Gasteiger charge is -2.14. The quantitative estimate of drug-likeness (QED) is 0.689. The Kier molecular flexibility index (Phi) is 7.64. The molecular weight excluding hydrogens is 391 g/mol.